The van der Waals surface area contributed by atoms with Gasteiger partial charge < -0.3 is 11.1 Å². The first-order valence-corrected chi connectivity index (χ1v) is 5.67. The van der Waals surface area contributed by atoms with Gasteiger partial charge in [0.25, 0.3) is 0 Å². The van der Waals surface area contributed by atoms with Crippen LogP contribution >= 0.6 is 0 Å². The zero-order chi connectivity index (χ0) is 14.0. The minimum Gasteiger partial charge on any atom is -0.399 e. The maximum atomic E-state index is 12.7. The molecule has 0 saturated heterocycles. The third kappa shape index (κ3) is 3.19. The summed E-state index contributed by atoms with van der Waals surface area (Å²) < 4.78 is 38.0. The Bertz CT molecular complexity index is 591. The molecule has 0 aliphatic heterocycles. The monoisotopic (exact) mass is 266 g/mol. The zero-order valence-electron chi connectivity index (χ0n) is 10.3. The molecule has 0 aromatic heterocycles. The minimum atomic E-state index is -4.35. The van der Waals surface area contributed by atoms with E-state index in [0.717, 1.165) is 17.7 Å². The van der Waals surface area contributed by atoms with E-state index < -0.39 is 11.7 Å². The molecule has 0 saturated carbocycles. The number of anilines is 3. The number of nitrogen functional groups attached to an aromatic ring is 1. The summed E-state index contributed by atoms with van der Waals surface area (Å²) in [7, 11) is 0. The number of aryl methyl sites for hydroxylation is 1. The van der Waals surface area contributed by atoms with E-state index in [4.69, 9.17) is 5.73 Å². The van der Waals surface area contributed by atoms with Crippen LogP contribution in [0.25, 0.3) is 0 Å². The van der Waals surface area contributed by atoms with E-state index in [1.165, 1.54) is 6.07 Å². The third-order valence-electron chi connectivity index (χ3n) is 2.73. The van der Waals surface area contributed by atoms with Crippen molar-refractivity contribution in [2.24, 2.45) is 0 Å². The molecule has 2 rings (SSSR count). The molecule has 2 aromatic rings. The molecular weight excluding hydrogens is 253 g/mol. The Labute approximate surface area is 109 Å². The van der Waals surface area contributed by atoms with Gasteiger partial charge in [-0.2, -0.15) is 13.2 Å². The average molecular weight is 266 g/mol. The summed E-state index contributed by atoms with van der Waals surface area (Å²) in [5, 5.41) is 2.95. The van der Waals surface area contributed by atoms with Crippen molar-refractivity contribution in [3.05, 3.63) is 53.6 Å². The lowest BCUT2D eigenvalue weighted by atomic mass is 10.1. The van der Waals surface area contributed by atoms with Crippen molar-refractivity contribution < 1.29 is 13.2 Å². The summed E-state index contributed by atoms with van der Waals surface area (Å²) in [5.74, 6) is 0. The van der Waals surface area contributed by atoms with Gasteiger partial charge in [-0.3, -0.25) is 0 Å². The van der Waals surface area contributed by atoms with E-state index in [1.54, 1.807) is 31.2 Å². The molecule has 2 nitrogen and oxygen atoms in total. The lowest BCUT2D eigenvalue weighted by Gasteiger charge is -2.13. The molecule has 0 aliphatic carbocycles. The molecule has 0 atom stereocenters. The van der Waals surface area contributed by atoms with Gasteiger partial charge in [0.2, 0.25) is 0 Å². The molecule has 100 valence electrons. The van der Waals surface area contributed by atoms with Crippen LogP contribution in [-0.2, 0) is 6.18 Å². The molecular formula is C14H13F3N2. The van der Waals surface area contributed by atoms with Crippen LogP contribution in [0.4, 0.5) is 30.2 Å². The van der Waals surface area contributed by atoms with Crippen molar-refractivity contribution in [2.45, 2.75) is 13.1 Å². The summed E-state index contributed by atoms with van der Waals surface area (Å²) in [5.41, 5.74) is 7.31. The number of hydrogen-bond donors (Lipinski definition) is 2. The van der Waals surface area contributed by atoms with Crippen LogP contribution < -0.4 is 11.1 Å². The Morgan fingerprint density at radius 3 is 2.42 bits per heavy atom. The highest BCUT2D eigenvalue weighted by atomic mass is 19.4. The van der Waals surface area contributed by atoms with E-state index in [9.17, 15) is 13.2 Å². The molecule has 0 spiro atoms. The number of nitrogens with one attached hydrogen (secondary N) is 1. The summed E-state index contributed by atoms with van der Waals surface area (Å²) in [4.78, 5) is 0. The molecule has 19 heavy (non-hydrogen) atoms. The summed E-state index contributed by atoms with van der Waals surface area (Å²) in [6.45, 7) is 1.74. The number of rotatable bonds is 2. The van der Waals surface area contributed by atoms with Crippen molar-refractivity contribution in [2.75, 3.05) is 11.1 Å². The number of halogens is 3. The second kappa shape index (κ2) is 4.84. The van der Waals surface area contributed by atoms with Gasteiger partial charge in [0, 0.05) is 17.1 Å². The SMILES string of the molecule is Cc1ccc(C(F)(F)F)cc1Nc1cccc(N)c1. The predicted molar refractivity (Wildman–Crippen MR) is 70.3 cm³/mol. The fraction of sp³-hybridized carbons (Fsp3) is 0.143. The molecule has 0 fully saturated rings. The van der Waals surface area contributed by atoms with Crippen LogP contribution in [0.1, 0.15) is 11.1 Å². The molecule has 5 heteroatoms. The summed E-state index contributed by atoms with van der Waals surface area (Å²) in [6, 6.07) is 10.5. The Hall–Kier alpha value is -2.17. The van der Waals surface area contributed by atoms with E-state index >= 15 is 0 Å². The first kappa shape index (κ1) is 13.3. The van der Waals surface area contributed by atoms with Crippen LogP contribution in [0.15, 0.2) is 42.5 Å². The Kier molecular flexibility index (Phi) is 3.38. The van der Waals surface area contributed by atoms with Crippen LogP contribution in [0.5, 0.6) is 0 Å². The Morgan fingerprint density at radius 1 is 1.05 bits per heavy atom. The van der Waals surface area contributed by atoms with Crippen LogP contribution in [0.3, 0.4) is 0 Å². The fourth-order valence-electron chi connectivity index (χ4n) is 1.70. The number of nitrogens with two attached hydrogens (primary N) is 1. The molecule has 0 heterocycles. The lowest BCUT2D eigenvalue weighted by Crippen LogP contribution is -2.06. The maximum absolute atomic E-state index is 12.7. The van der Waals surface area contributed by atoms with Gasteiger partial charge in [-0.15, -0.1) is 0 Å². The standard InChI is InChI=1S/C14H13F3N2/c1-9-5-6-10(14(15,16)17)7-13(9)19-12-4-2-3-11(18)8-12/h2-8,19H,18H2,1H3. The lowest BCUT2D eigenvalue weighted by molar-refractivity contribution is -0.137. The summed E-state index contributed by atoms with van der Waals surface area (Å²) in [6.07, 6.45) is -4.35. The van der Waals surface area contributed by atoms with E-state index in [0.29, 0.717) is 17.1 Å². The molecule has 0 unspecified atom stereocenters. The van der Waals surface area contributed by atoms with Crippen molar-refractivity contribution in [1.29, 1.82) is 0 Å². The highest BCUT2D eigenvalue weighted by Gasteiger charge is 2.30. The van der Waals surface area contributed by atoms with E-state index in [2.05, 4.69) is 5.32 Å². The predicted octanol–water partition coefficient (Wildman–Crippen LogP) is 4.34. The highest BCUT2D eigenvalue weighted by molar-refractivity contribution is 5.66. The van der Waals surface area contributed by atoms with Crippen LogP contribution in [0, 0.1) is 6.92 Å². The van der Waals surface area contributed by atoms with Gasteiger partial charge in [0.05, 0.1) is 5.56 Å². The minimum absolute atomic E-state index is 0.417. The largest absolute Gasteiger partial charge is 0.416 e. The maximum Gasteiger partial charge on any atom is 0.416 e. The molecule has 0 aliphatic rings. The number of alkyl halides is 3. The molecule has 2 aromatic carbocycles. The quantitative estimate of drug-likeness (QED) is 0.793. The van der Waals surface area contributed by atoms with Crippen molar-refractivity contribution >= 4 is 17.1 Å². The van der Waals surface area contributed by atoms with Gasteiger partial charge in [-0.1, -0.05) is 12.1 Å². The Morgan fingerprint density at radius 2 is 1.79 bits per heavy atom. The molecule has 0 amide bonds. The third-order valence-corrected chi connectivity index (χ3v) is 2.73. The van der Waals surface area contributed by atoms with Gasteiger partial charge in [0.15, 0.2) is 0 Å². The molecule has 3 N–H and O–H groups in total. The first-order chi connectivity index (χ1) is 8.86. The molecule has 0 bridgehead atoms. The smallest absolute Gasteiger partial charge is 0.399 e. The average Bonchev–Trinajstić information content (AvgIpc) is 2.30. The second-order valence-corrected chi connectivity index (χ2v) is 4.28. The van der Waals surface area contributed by atoms with E-state index in [1.807, 2.05) is 0 Å². The highest BCUT2D eigenvalue weighted by Crippen LogP contribution is 2.33. The number of hydrogen-bond acceptors (Lipinski definition) is 2. The second-order valence-electron chi connectivity index (χ2n) is 4.28. The fourth-order valence-corrected chi connectivity index (χ4v) is 1.70. The van der Waals surface area contributed by atoms with Gasteiger partial charge in [-0.25, -0.2) is 0 Å². The number of benzene rings is 2. The first-order valence-electron chi connectivity index (χ1n) is 5.67. The zero-order valence-corrected chi connectivity index (χ0v) is 10.3. The van der Waals surface area contributed by atoms with Gasteiger partial charge >= 0.3 is 6.18 Å². The molecule has 0 radical (unpaired) electrons. The normalized spacial score (nSPS) is 11.4. The summed E-state index contributed by atoms with van der Waals surface area (Å²) >= 11 is 0. The van der Waals surface area contributed by atoms with Crippen molar-refractivity contribution in [3.8, 4) is 0 Å². The van der Waals surface area contributed by atoms with Crippen LogP contribution in [0.2, 0.25) is 0 Å². The topological polar surface area (TPSA) is 38.0 Å². The van der Waals surface area contributed by atoms with Crippen LogP contribution in [-0.4, -0.2) is 0 Å². The van der Waals surface area contributed by atoms with Crippen molar-refractivity contribution in [1.82, 2.24) is 0 Å². The van der Waals surface area contributed by atoms with Gasteiger partial charge in [-0.05, 0) is 42.8 Å². The van der Waals surface area contributed by atoms with E-state index in [-0.39, 0.29) is 0 Å². The Balaban J connectivity index is 2.34. The van der Waals surface area contributed by atoms with Gasteiger partial charge in [0.1, 0.15) is 0 Å². The van der Waals surface area contributed by atoms with Crippen molar-refractivity contribution in [3.63, 3.8) is 0 Å².